The van der Waals surface area contributed by atoms with E-state index in [4.69, 9.17) is 4.74 Å². The Morgan fingerprint density at radius 1 is 1.38 bits per heavy atom. The van der Waals surface area contributed by atoms with Gasteiger partial charge in [-0.1, -0.05) is 0 Å². The van der Waals surface area contributed by atoms with Crippen LogP contribution in [-0.2, 0) is 9.53 Å². The van der Waals surface area contributed by atoms with Gasteiger partial charge >= 0.3 is 5.97 Å². The molecule has 2 aromatic heterocycles. The maximum atomic E-state index is 12.3. The smallest absolute Gasteiger partial charge is 0.315 e. The molecule has 0 bridgehead atoms. The quantitative estimate of drug-likeness (QED) is 0.864. The third-order valence-corrected chi connectivity index (χ3v) is 4.75. The van der Waals surface area contributed by atoms with Gasteiger partial charge in [-0.2, -0.15) is 5.10 Å². The van der Waals surface area contributed by atoms with Crippen LogP contribution in [0.15, 0.2) is 10.4 Å². The minimum atomic E-state index is -0.454. The maximum Gasteiger partial charge on any atom is 0.315 e. The Kier molecular flexibility index (Phi) is 3.36. The van der Waals surface area contributed by atoms with Crippen LogP contribution in [0.4, 0.5) is 5.82 Å². The molecule has 2 aromatic rings. The molecule has 1 aliphatic heterocycles. The number of aromatic amines is 1. The lowest BCUT2D eigenvalue weighted by Crippen LogP contribution is -2.32. The number of aliphatic imine (C=N–C) groups is 1. The summed E-state index contributed by atoms with van der Waals surface area (Å²) in [6.07, 6.45) is 0. The van der Waals surface area contributed by atoms with Crippen LogP contribution in [0.25, 0.3) is 0 Å². The molecule has 0 saturated carbocycles. The van der Waals surface area contributed by atoms with E-state index >= 15 is 0 Å². The molecule has 2 atom stereocenters. The second-order valence-corrected chi connectivity index (χ2v) is 6.03. The number of fused-ring (bicyclic) bond motifs is 1. The van der Waals surface area contributed by atoms with Crippen LogP contribution in [0.2, 0.25) is 0 Å². The van der Waals surface area contributed by atoms with Crippen molar-refractivity contribution in [1.29, 1.82) is 0 Å². The van der Waals surface area contributed by atoms with Crippen molar-refractivity contribution >= 4 is 28.8 Å². The molecule has 1 N–H and O–H groups in total. The van der Waals surface area contributed by atoms with Gasteiger partial charge in [0.1, 0.15) is 10.9 Å². The van der Waals surface area contributed by atoms with Crippen molar-refractivity contribution in [3.63, 3.8) is 0 Å². The third kappa shape index (κ3) is 2.17. The van der Waals surface area contributed by atoms with Gasteiger partial charge in [0, 0.05) is 28.0 Å². The molecule has 0 fully saturated rings. The molecule has 110 valence electrons. The zero-order valence-electron chi connectivity index (χ0n) is 12.3. The lowest BCUT2D eigenvalue weighted by Gasteiger charge is -2.27. The normalized spacial score (nSPS) is 20.9. The van der Waals surface area contributed by atoms with Gasteiger partial charge in [0.2, 0.25) is 0 Å². The fourth-order valence-corrected chi connectivity index (χ4v) is 3.68. The van der Waals surface area contributed by atoms with Crippen molar-refractivity contribution in [3.05, 3.63) is 27.3 Å². The van der Waals surface area contributed by atoms with Crippen LogP contribution in [0.3, 0.4) is 0 Å². The van der Waals surface area contributed by atoms with Crippen LogP contribution >= 0.6 is 11.3 Å². The van der Waals surface area contributed by atoms with Gasteiger partial charge in [-0.05, 0) is 20.8 Å². The van der Waals surface area contributed by atoms with Gasteiger partial charge in [-0.25, -0.2) is 9.98 Å². The van der Waals surface area contributed by atoms with E-state index in [0.717, 1.165) is 22.0 Å². The van der Waals surface area contributed by atoms with Crippen LogP contribution in [-0.4, -0.2) is 34.0 Å². The zero-order valence-corrected chi connectivity index (χ0v) is 13.1. The molecule has 0 saturated heterocycles. The Labute approximate surface area is 126 Å². The van der Waals surface area contributed by atoms with Crippen molar-refractivity contribution in [2.75, 3.05) is 7.11 Å². The zero-order chi connectivity index (χ0) is 15.1. The van der Waals surface area contributed by atoms with Crippen LogP contribution in [0, 0.1) is 19.8 Å². The second-order valence-electron chi connectivity index (χ2n) is 5.14. The molecular formula is C14H16N4O2S. The molecule has 3 heterocycles. The molecule has 0 aliphatic carbocycles. The molecule has 2 unspecified atom stereocenters. The summed E-state index contributed by atoms with van der Waals surface area (Å²) in [5.41, 5.74) is 3.50. The van der Waals surface area contributed by atoms with Crippen molar-refractivity contribution < 1.29 is 9.53 Å². The number of rotatable bonds is 2. The van der Waals surface area contributed by atoms with E-state index in [-0.39, 0.29) is 11.9 Å². The first-order chi connectivity index (χ1) is 10.0. The number of carbonyl (C=O) groups is 1. The van der Waals surface area contributed by atoms with Crippen LogP contribution in [0.5, 0.6) is 0 Å². The molecule has 0 radical (unpaired) electrons. The number of aryl methyl sites for hydroxylation is 2. The van der Waals surface area contributed by atoms with Gasteiger partial charge < -0.3 is 4.74 Å². The molecule has 0 amide bonds. The number of aromatic nitrogens is 3. The second kappa shape index (κ2) is 5.07. The Hall–Kier alpha value is -2.02. The topological polar surface area (TPSA) is 80.2 Å². The number of hydrogen-bond donors (Lipinski definition) is 1. The van der Waals surface area contributed by atoms with Crippen LogP contribution < -0.4 is 0 Å². The average molecular weight is 304 g/mol. The first-order valence-electron chi connectivity index (χ1n) is 6.62. The highest BCUT2D eigenvalue weighted by molar-refractivity contribution is 7.09. The van der Waals surface area contributed by atoms with Gasteiger partial charge in [-0.3, -0.25) is 9.89 Å². The van der Waals surface area contributed by atoms with E-state index in [1.54, 1.807) is 11.3 Å². The fraction of sp³-hybridized carbons (Fsp3) is 0.429. The van der Waals surface area contributed by atoms with E-state index in [0.29, 0.717) is 11.5 Å². The highest BCUT2D eigenvalue weighted by Crippen LogP contribution is 2.44. The number of thiazole rings is 1. The van der Waals surface area contributed by atoms with Crippen molar-refractivity contribution in [2.24, 2.45) is 10.9 Å². The Balaban J connectivity index is 2.20. The summed E-state index contributed by atoms with van der Waals surface area (Å²) in [5, 5.41) is 10.0. The van der Waals surface area contributed by atoms with E-state index in [1.807, 2.05) is 26.2 Å². The number of nitrogens with one attached hydrogen (secondary N) is 1. The van der Waals surface area contributed by atoms with Gasteiger partial charge in [-0.15, -0.1) is 11.3 Å². The number of carbonyl (C=O) groups excluding carboxylic acids is 1. The van der Waals surface area contributed by atoms with E-state index in [1.165, 1.54) is 7.11 Å². The molecule has 0 spiro atoms. The Bertz CT molecular complexity index is 731. The van der Waals surface area contributed by atoms with Crippen molar-refractivity contribution in [1.82, 2.24) is 15.2 Å². The summed E-state index contributed by atoms with van der Waals surface area (Å²) >= 11 is 1.55. The number of nitrogens with zero attached hydrogens (tertiary/aromatic N) is 3. The average Bonchev–Trinajstić information content (AvgIpc) is 3.03. The van der Waals surface area contributed by atoms with E-state index < -0.39 is 5.92 Å². The Morgan fingerprint density at radius 2 is 2.14 bits per heavy atom. The summed E-state index contributed by atoms with van der Waals surface area (Å²) in [6.45, 7) is 5.71. The number of hydrogen-bond acceptors (Lipinski definition) is 6. The number of esters is 1. The van der Waals surface area contributed by atoms with E-state index in [2.05, 4.69) is 20.2 Å². The first-order valence-corrected chi connectivity index (χ1v) is 7.50. The minimum absolute atomic E-state index is 0.192. The van der Waals surface area contributed by atoms with E-state index in [9.17, 15) is 4.79 Å². The molecule has 0 aromatic carbocycles. The summed E-state index contributed by atoms with van der Waals surface area (Å²) in [4.78, 5) is 21.3. The molecule has 3 rings (SSSR count). The molecule has 6 nitrogen and oxygen atoms in total. The van der Waals surface area contributed by atoms with Gasteiger partial charge in [0.25, 0.3) is 0 Å². The SMILES string of the molecule is COC(=O)C1C(C)=Nc2n[nH]c(C)c2C1c1nc(C)cs1. The van der Waals surface area contributed by atoms with Crippen molar-refractivity contribution in [3.8, 4) is 0 Å². The number of methoxy groups -OCH3 is 1. The highest BCUT2D eigenvalue weighted by Gasteiger charge is 2.42. The molecule has 7 heteroatoms. The standard InChI is InChI=1S/C14H16N4O2S/c1-6-5-21-13(15-6)11-9-8(3)17-18-12(9)16-7(2)10(11)14(19)20-4/h5,10-11H,1-4H3,(H,17,18). The minimum Gasteiger partial charge on any atom is -0.468 e. The fourth-order valence-electron chi connectivity index (χ4n) is 2.74. The molecular weight excluding hydrogens is 288 g/mol. The van der Waals surface area contributed by atoms with Crippen LogP contribution in [0.1, 0.15) is 34.8 Å². The predicted molar refractivity (Wildman–Crippen MR) is 80.3 cm³/mol. The lowest BCUT2D eigenvalue weighted by atomic mass is 9.81. The van der Waals surface area contributed by atoms with Gasteiger partial charge in [0.15, 0.2) is 5.82 Å². The number of ether oxygens (including phenoxy) is 1. The first kappa shape index (κ1) is 13.9. The maximum absolute atomic E-state index is 12.3. The molecule has 1 aliphatic rings. The largest absolute Gasteiger partial charge is 0.468 e. The summed E-state index contributed by atoms with van der Waals surface area (Å²) in [5.74, 6) is -0.296. The summed E-state index contributed by atoms with van der Waals surface area (Å²) < 4.78 is 4.98. The highest BCUT2D eigenvalue weighted by atomic mass is 32.1. The monoisotopic (exact) mass is 304 g/mol. The van der Waals surface area contributed by atoms with Gasteiger partial charge in [0.05, 0.1) is 13.0 Å². The Morgan fingerprint density at radius 3 is 2.76 bits per heavy atom. The summed E-state index contributed by atoms with van der Waals surface area (Å²) in [7, 11) is 1.40. The summed E-state index contributed by atoms with van der Waals surface area (Å²) in [6, 6.07) is 0. The third-order valence-electron chi connectivity index (χ3n) is 3.71. The van der Waals surface area contributed by atoms with Crippen molar-refractivity contribution in [2.45, 2.75) is 26.7 Å². The lowest BCUT2D eigenvalue weighted by molar-refractivity contribution is -0.143. The number of H-pyrrole nitrogens is 1. The predicted octanol–water partition coefficient (Wildman–Crippen LogP) is 2.51. The molecule has 21 heavy (non-hydrogen) atoms.